The predicted molar refractivity (Wildman–Crippen MR) is 81.4 cm³/mol. The Morgan fingerprint density at radius 2 is 2.20 bits per heavy atom. The fraction of sp³-hybridized carbons (Fsp3) is 0.0667. The summed E-state index contributed by atoms with van der Waals surface area (Å²) in [6.45, 7) is 0.464. The van der Waals surface area contributed by atoms with E-state index < -0.39 is 0 Å². The summed E-state index contributed by atoms with van der Waals surface area (Å²) >= 11 is 3.41. The van der Waals surface area contributed by atoms with E-state index in [1.165, 1.54) is 0 Å². The molecule has 2 N–H and O–H groups in total. The van der Waals surface area contributed by atoms with Gasteiger partial charge in [0.15, 0.2) is 0 Å². The average Bonchev–Trinajstić information content (AvgIpc) is 2.89. The van der Waals surface area contributed by atoms with Crippen molar-refractivity contribution < 1.29 is 4.79 Å². The summed E-state index contributed by atoms with van der Waals surface area (Å²) in [6, 6.07) is 11.5. The average molecular weight is 330 g/mol. The number of fused-ring (bicyclic) bond motifs is 1. The fourth-order valence-electron chi connectivity index (χ4n) is 2.00. The molecule has 0 saturated heterocycles. The van der Waals surface area contributed by atoms with Gasteiger partial charge in [-0.15, -0.1) is 0 Å². The first-order valence-corrected chi connectivity index (χ1v) is 6.97. The topological polar surface area (TPSA) is 57.8 Å². The lowest BCUT2D eigenvalue weighted by atomic mass is 10.2. The van der Waals surface area contributed by atoms with Crippen molar-refractivity contribution in [1.82, 2.24) is 15.3 Å². The molecule has 0 aliphatic carbocycles. The third-order valence-electron chi connectivity index (χ3n) is 3.01. The Morgan fingerprint density at radius 3 is 3.00 bits per heavy atom. The molecule has 0 aliphatic heterocycles. The number of benzene rings is 1. The van der Waals surface area contributed by atoms with Crippen molar-refractivity contribution in [3.05, 3.63) is 64.5 Å². The molecule has 0 aliphatic rings. The summed E-state index contributed by atoms with van der Waals surface area (Å²) in [5.74, 6) is -0.124. The molecule has 3 rings (SSSR count). The van der Waals surface area contributed by atoms with Crippen molar-refractivity contribution in [3.63, 3.8) is 0 Å². The number of halogens is 1. The van der Waals surface area contributed by atoms with Crippen molar-refractivity contribution >= 4 is 32.7 Å². The quantitative estimate of drug-likeness (QED) is 0.774. The van der Waals surface area contributed by atoms with E-state index in [0.717, 1.165) is 20.9 Å². The molecule has 0 unspecified atom stereocenters. The number of H-pyrrole nitrogens is 1. The smallest absolute Gasteiger partial charge is 0.267 e. The molecule has 0 atom stereocenters. The molecule has 3 aromatic rings. The zero-order valence-corrected chi connectivity index (χ0v) is 12.1. The minimum absolute atomic E-state index is 0.124. The van der Waals surface area contributed by atoms with Gasteiger partial charge in [-0.2, -0.15) is 0 Å². The molecular weight excluding hydrogens is 318 g/mol. The Kier molecular flexibility index (Phi) is 3.52. The van der Waals surface area contributed by atoms with Gasteiger partial charge >= 0.3 is 0 Å². The molecule has 1 amide bonds. The second kappa shape index (κ2) is 5.46. The number of carbonyl (C=O) groups excluding carboxylic acids is 1. The van der Waals surface area contributed by atoms with E-state index in [2.05, 4.69) is 31.2 Å². The molecule has 20 heavy (non-hydrogen) atoms. The summed E-state index contributed by atoms with van der Waals surface area (Å²) < 4.78 is 0.981. The molecular formula is C15H12BrN3O. The van der Waals surface area contributed by atoms with Crippen LogP contribution in [0.15, 0.2) is 53.3 Å². The number of nitrogens with zero attached hydrogens (tertiary/aromatic N) is 1. The van der Waals surface area contributed by atoms with E-state index in [1.807, 2.05) is 36.4 Å². The van der Waals surface area contributed by atoms with Gasteiger partial charge in [-0.3, -0.25) is 9.78 Å². The van der Waals surface area contributed by atoms with Gasteiger partial charge in [-0.1, -0.05) is 28.1 Å². The van der Waals surface area contributed by atoms with Gasteiger partial charge in [0, 0.05) is 34.3 Å². The molecule has 0 fully saturated rings. The van der Waals surface area contributed by atoms with Crippen LogP contribution in [0.5, 0.6) is 0 Å². The lowest BCUT2D eigenvalue weighted by molar-refractivity contribution is 0.0946. The Hall–Kier alpha value is -2.14. The van der Waals surface area contributed by atoms with Crippen LogP contribution in [-0.4, -0.2) is 15.9 Å². The summed E-state index contributed by atoms with van der Waals surface area (Å²) in [4.78, 5) is 19.2. The normalized spacial score (nSPS) is 10.7. The zero-order valence-electron chi connectivity index (χ0n) is 10.6. The lowest BCUT2D eigenvalue weighted by Gasteiger charge is -2.02. The highest BCUT2D eigenvalue weighted by Crippen LogP contribution is 2.20. The van der Waals surface area contributed by atoms with Crippen LogP contribution in [0.1, 0.15) is 16.1 Å². The van der Waals surface area contributed by atoms with Crippen LogP contribution in [0.3, 0.4) is 0 Å². The van der Waals surface area contributed by atoms with Gasteiger partial charge in [0.05, 0.1) is 0 Å². The summed E-state index contributed by atoms with van der Waals surface area (Å²) in [5.41, 5.74) is 2.47. The summed E-state index contributed by atoms with van der Waals surface area (Å²) in [5, 5.41) is 3.88. The maximum Gasteiger partial charge on any atom is 0.267 e. The monoisotopic (exact) mass is 329 g/mol. The summed E-state index contributed by atoms with van der Waals surface area (Å²) in [6.07, 6.45) is 3.45. The van der Waals surface area contributed by atoms with Gasteiger partial charge in [0.2, 0.25) is 0 Å². The van der Waals surface area contributed by atoms with E-state index in [1.54, 1.807) is 12.4 Å². The molecule has 0 bridgehead atoms. The number of hydrogen-bond acceptors (Lipinski definition) is 2. The number of aromatic amines is 1. The molecule has 4 nitrogen and oxygen atoms in total. The molecule has 1 aromatic carbocycles. The van der Waals surface area contributed by atoms with E-state index in [0.29, 0.717) is 12.2 Å². The van der Waals surface area contributed by atoms with E-state index in [9.17, 15) is 4.79 Å². The number of amides is 1. The third-order valence-corrected chi connectivity index (χ3v) is 3.50. The van der Waals surface area contributed by atoms with E-state index >= 15 is 0 Å². The molecule has 100 valence electrons. The Balaban J connectivity index is 1.75. The first kappa shape index (κ1) is 12.9. The van der Waals surface area contributed by atoms with Crippen molar-refractivity contribution in [3.8, 4) is 0 Å². The number of rotatable bonds is 3. The third kappa shape index (κ3) is 2.72. The van der Waals surface area contributed by atoms with Crippen LogP contribution in [-0.2, 0) is 6.54 Å². The number of pyridine rings is 1. The fourth-order valence-corrected chi connectivity index (χ4v) is 2.36. The molecule has 5 heteroatoms. The number of carbonyl (C=O) groups is 1. The highest BCUT2D eigenvalue weighted by Gasteiger charge is 2.09. The minimum Gasteiger partial charge on any atom is -0.350 e. The van der Waals surface area contributed by atoms with Crippen LogP contribution < -0.4 is 5.32 Å². The van der Waals surface area contributed by atoms with Crippen molar-refractivity contribution in [2.75, 3.05) is 0 Å². The van der Waals surface area contributed by atoms with Crippen molar-refractivity contribution in [2.24, 2.45) is 0 Å². The highest BCUT2D eigenvalue weighted by molar-refractivity contribution is 9.10. The molecule has 0 saturated carbocycles. The van der Waals surface area contributed by atoms with E-state index in [4.69, 9.17) is 0 Å². The van der Waals surface area contributed by atoms with Crippen LogP contribution in [0.25, 0.3) is 10.9 Å². The lowest BCUT2D eigenvalue weighted by Crippen LogP contribution is -2.23. The molecule has 2 aromatic heterocycles. The van der Waals surface area contributed by atoms with Crippen LogP contribution in [0, 0.1) is 0 Å². The second-order valence-electron chi connectivity index (χ2n) is 4.46. The standard InChI is InChI=1S/C15H12BrN3O/c16-12-4-3-11-6-14(19-13(11)7-12)15(20)18-9-10-2-1-5-17-8-10/h1-8,19H,9H2,(H,18,20). The van der Waals surface area contributed by atoms with Crippen LogP contribution >= 0.6 is 15.9 Å². The first-order chi connectivity index (χ1) is 9.72. The SMILES string of the molecule is O=C(NCc1cccnc1)c1cc2ccc(Br)cc2[nH]1. The second-order valence-corrected chi connectivity index (χ2v) is 5.37. The Labute approximate surface area is 124 Å². The Morgan fingerprint density at radius 1 is 1.30 bits per heavy atom. The predicted octanol–water partition coefficient (Wildman–Crippen LogP) is 3.26. The zero-order chi connectivity index (χ0) is 13.9. The molecule has 0 radical (unpaired) electrons. The first-order valence-electron chi connectivity index (χ1n) is 6.18. The highest BCUT2D eigenvalue weighted by atomic mass is 79.9. The largest absolute Gasteiger partial charge is 0.350 e. The summed E-state index contributed by atoms with van der Waals surface area (Å²) in [7, 11) is 0. The number of hydrogen-bond donors (Lipinski definition) is 2. The van der Waals surface area contributed by atoms with Gasteiger partial charge in [-0.25, -0.2) is 0 Å². The van der Waals surface area contributed by atoms with E-state index in [-0.39, 0.29) is 5.91 Å². The van der Waals surface area contributed by atoms with Crippen LogP contribution in [0.4, 0.5) is 0 Å². The maximum absolute atomic E-state index is 12.1. The van der Waals surface area contributed by atoms with Gasteiger partial charge < -0.3 is 10.3 Å². The van der Waals surface area contributed by atoms with Gasteiger partial charge in [-0.05, 0) is 29.8 Å². The van der Waals surface area contributed by atoms with Crippen LogP contribution in [0.2, 0.25) is 0 Å². The van der Waals surface area contributed by atoms with Crippen molar-refractivity contribution in [1.29, 1.82) is 0 Å². The van der Waals surface area contributed by atoms with Gasteiger partial charge in [0.25, 0.3) is 5.91 Å². The Bertz CT molecular complexity index is 752. The number of aromatic nitrogens is 2. The maximum atomic E-state index is 12.1. The van der Waals surface area contributed by atoms with Crippen molar-refractivity contribution in [2.45, 2.75) is 6.54 Å². The minimum atomic E-state index is -0.124. The van der Waals surface area contributed by atoms with Gasteiger partial charge in [0.1, 0.15) is 5.69 Å². The molecule has 2 heterocycles. The number of nitrogens with one attached hydrogen (secondary N) is 2. The molecule has 0 spiro atoms.